The van der Waals surface area contributed by atoms with Crippen LogP contribution < -0.4 is 0 Å². The van der Waals surface area contributed by atoms with E-state index in [0.717, 1.165) is 25.0 Å². The Hall–Kier alpha value is -0.830. The van der Waals surface area contributed by atoms with Gasteiger partial charge in [-0.2, -0.15) is 5.10 Å². The fourth-order valence-electron chi connectivity index (χ4n) is 1.86. The van der Waals surface area contributed by atoms with Crippen molar-refractivity contribution >= 4 is 0 Å². The average Bonchev–Trinajstić information content (AvgIpc) is 2.55. The third kappa shape index (κ3) is 3.06. The highest BCUT2D eigenvalue weighted by molar-refractivity contribution is 5.11. The lowest BCUT2D eigenvalue weighted by atomic mass is 9.95. The lowest BCUT2D eigenvalue weighted by Crippen LogP contribution is -2.19. The number of nitrogens with zero attached hydrogens (tertiary/aromatic N) is 2. The van der Waals surface area contributed by atoms with Gasteiger partial charge in [-0.25, -0.2) is 0 Å². The highest BCUT2D eigenvalue weighted by Gasteiger charge is 2.15. The molecule has 0 amide bonds. The van der Waals surface area contributed by atoms with Gasteiger partial charge in [0.15, 0.2) is 0 Å². The zero-order chi connectivity index (χ0) is 11.4. The fraction of sp³-hybridized carbons (Fsp3) is 0.750. The van der Waals surface area contributed by atoms with Crippen molar-refractivity contribution in [2.45, 2.75) is 46.1 Å². The Morgan fingerprint density at radius 2 is 2.13 bits per heavy atom. The number of hydrogen-bond donors (Lipinski definition) is 1. The molecule has 0 fully saturated rings. The second-order valence-electron chi connectivity index (χ2n) is 4.22. The van der Waals surface area contributed by atoms with Crippen LogP contribution >= 0.6 is 0 Å². The molecular formula is C12H22N2O. The van der Waals surface area contributed by atoms with Crippen LogP contribution in [0.15, 0.2) is 6.07 Å². The van der Waals surface area contributed by atoms with Crippen LogP contribution in [0.5, 0.6) is 0 Å². The Balaban J connectivity index is 2.74. The number of aliphatic hydroxyl groups is 1. The second kappa shape index (κ2) is 5.31. The first kappa shape index (κ1) is 12.2. The topological polar surface area (TPSA) is 38.0 Å². The van der Waals surface area contributed by atoms with Crippen molar-refractivity contribution in [3.63, 3.8) is 0 Å². The standard InChI is InChI=1S/C12H22N2O/c1-5-10(9(3)15)7-12-8-11(6-2)13-14(12)4/h8-10,15H,5-7H2,1-4H3. The maximum Gasteiger partial charge on any atom is 0.0624 e. The van der Waals surface area contributed by atoms with E-state index in [9.17, 15) is 5.11 Å². The van der Waals surface area contributed by atoms with Crippen LogP contribution in [-0.2, 0) is 19.9 Å². The first-order chi connectivity index (χ1) is 7.08. The number of aliphatic hydroxyl groups excluding tert-OH is 1. The van der Waals surface area contributed by atoms with Crippen LogP contribution in [-0.4, -0.2) is 21.0 Å². The maximum absolute atomic E-state index is 9.60. The Morgan fingerprint density at radius 3 is 2.53 bits per heavy atom. The van der Waals surface area contributed by atoms with Crippen LogP contribution in [0, 0.1) is 5.92 Å². The van der Waals surface area contributed by atoms with Crippen molar-refractivity contribution in [3.05, 3.63) is 17.5 Å². The zero-order valence-corrected chi connectivity index (χ0v) is 10.2. The van der Waals surface area contributed by atoms with Gasteiger partial charge in [-0.3, -0.25) is 4.68 Å². The Bertz CT molecular complexity index is 305. The van der Waals surface area contributed by atoms with E-state index >= 15 is 0 Å². The molecule has 86 valence electrons. The van der Waals surface area contributed by atoms with E-state index in [4.69, 9.17) is 0 Å². The Kier molecular flexibility index (Phi) is 4.33. The van der Waals surface area contributed by atoms with E-state index in [1.165, 1.54) is 5.69 Å². The Morgan fingerprint density at radius 1 is 1.47 bits per heavy atom. The van der Waals surface area contributed by atoms with Crippen LogP contribution in [0.25, 0.3) is 0 Å². The predicted octanol–water partition coefficient (Wildman–Crippen LogP) is 1.93. The SMILES string of the molecule is CCc1cc(CC(CC)C(C)O)n(C)n1. The van der Waals surface area contributed by atoms with Crippen LogP contribution in [0.4, 0.5) is 0 Å². The summed E-state index contributed by atoms with van der Waals surface area (Å²) in [7, 11) is 1.98. The lowest BCUT2D eigenvalue weighted by Gasteiger charge is -2.17. The normalized spacial score (nSPS) is 15.3. The summed E-state index contributed by atoms with van der Waals surface area (Å²) >= 11 is 0. The molecule has 2 unspecified atom stereocenters. The van der Waals surface area contributed by atoms with Gasteiger partial charge >= 0.3 is 0 Å². The summed E-state index contributed by atoms with van der Waals surface area (Å²) in [4.78, 5) is 0. The van der Waals surface area contributed by atoms with Crippen molar-refractivity contribution in [3.8, 4) is 0 Å². The molecule has 0 radical (unpaired) electrons. The average molecular weight is 210 g/mol. The van der Waals surface area contributed by atoms with Crippen molar-refractivity contribution in [1.29, 1.82) is 0 Å². The Labute approximate surface area is 92.1 Å². The third-order valence-electron chi connectivity index (χ3n) is 3.07. The monoisotopic (exact) mass is 210 g/mol. The molecule has 1 rings (SSSR count). The molecule has 0 aliphatic heterocycles. The van der Waals surface area contributed by atoms with Crippen molar-refractivity contribution in [2.24, 2.45) is 13.0 Å². The van der Waals surface area contributed by atoms with E-state index in [1.807, 2.05) is 18.7 Å². The fourth-order valence-corrected chi connectivity index (χ4v) is 1.86. The van der Waals surface area contributed by atoms with Gasteiger partial charge in [0.25, 0.3) is 0 Å². The number of rotatable bonds is 5. The molecule has 0 spiro atoms. The van der Waals surface area contributed by atoms with Crippen LogP contribution in [0.1, 0.15) is 38.6 Å². The van der Waals surface area contributed by atoms with E-state index in [2.05, 4.69) is 25.0 Å². The van der Waals surface area contributed by atoms with Crippen LogP contribution in [0.3, 0.4) is 0 Å². The molecule has 15 heavy (non-hydrogen) atoms. The van der Waals surface area contributed by atoms with Gasteiger partial charge in [0.05, 0.1) is 11.8 Å². The summed E-state index contributed by atoms with van der Waals surface area (Å²) in [5.41, 5.74) is 2.35. The highest BCUT2D eigenvalue weighted by atomic mass is 16.3. The summed E-state index contributed by atoms with van der Waals surface area (Å²) in [5.74, 6) is 0.338. The zero-order valence-electron chi connectivity index (χ0n) is 10.2. The highest BCUT2D eigenvalue weighted by Crippen LogP contribution is 2.16. The molecule has 1 aromatic rings. The molecule has 0 saturated carbocycles. The first-order valence-corrected chi connectivity index (χ1v) is 5.78. The van der Waals surface area contributed by atoms with E-state index in [0.29, 0.717) is 5.92 Å². The third-order valence-corrected chi connectivity index (χ3v) is 3.07. The second-order valence-corrected chi connectivity index (χ2v) is 4.22. The van der Waals surface area contributed by atoms with Gasteiger partial charge in [-0.15, -0.1) is 0 Å². The number of aromatic nitrogens is 2. The van der Waals surface area contributed by atoms with E-state index in [1.54, 1.807) is 0 Å². The molecule has 1 aromatic heterocycles. The smallest absolute Gasteiger partial charge is 0.0624 e. The molecule has 0 aromatic carbocycles. The molecule has 3 nitrogen and oxygen atoms in total. The van der Waals surface area contributed by atoms with Crippen LogP contribution in [0.2, 0.25) is 0 Å². The molecule has 2 atom stereocenters. The summed E-state index contributed by atoms with van der Waals surface area (Å²) < 4.78 is 1.93. The molecule has 0 aliphatic carbocycles. The minimum absolute atomic E-state index is 0.241. The maximum atomic E-state index is 9.60. The molecule has 1 heterocycles. The van der Waals surface area contributed by atoms with E-state index in [-0.39, 0.29) is 6.10 Å². The summed E-state index contributed by atoms with van der Waals surface area (Å²) in [5, 5.41) is 14.0. The molecular weight excluding hydrogens is 188 g/mol. The quantitative estimate of drug-likeness (QED) is 0.806. The molecule has 0 bridgehead atoms. The molecule has 3 heteroatoms. The largest absolute Gasteiger partial charge is 0.393 e. The number of aryl methyl sites for hydroxylation is 2. The summed E-state index contributed by atoms with van der Waals surface area (Å²) in [6.07, 6.45) is 2.65. The molecule has 0 saturated heterocycles. The van der Waals surface area contributed by atoms with Crippen molar-refractivity contribution in [2.75, 3.05) is 0 Å². The summed E-state index contributed by atoms with van der Waals surface area (Å²) in [6, 6.07) is 2.14. The predicted molar refractivity (Wildman–Crippen MR) is 61.8 cm³/mol. The minimum Gasteiger partial charge on any atom is -0.393 e. The van der Waals surface area contributed by atoms with Gasteiger partial charge in [0.1, 0.15) is 0 Å². The van der Waals surface area contributed by atoms with Gasteiger partial charge < -0.3 is 5.11 Å². The van der Waals surface area contributed by atoms with Gasteiger partial charge in [0, 0.05) is 12.7 Å². The van der Waals surface area contributed by atoms with Gasteiger partial charge in [-0.05, 0) is 31.7 Å². The lowest BCUT2D eigenvalue weighted by molar-refractivity contribution is 0.122. The van der Waals surface area contributed by atoms with Gasteiger partial charge in [-0.1, -0.05) is 20.3 Å². The minimum atomic E-state index is -0.241. The summed E-state index contributed by atoms with van der Waals surface area (Å²) in [6.45, 7) is 6.10. The first-order valence-electron chi connectivity index (χ1n) is 5.78. The van der Waals surface area contributed by atoms with Crippen molar-refractivity contribution in [1.82, 2.24) is 9.78 Å². The van der Waals surface area contributed by atoms with Crippen molar-refractivity contribution < 1.29 is 5.11 Å². The van der Waals surface area contributed by atoms with E-state index < -0.39 is 0 Å². The molecule has 0 aliphatic rings. The number of hydrogen-bond acceptors (Lipinski definition) is 2. The van der Waals surface area contributed by atoms with Gasteiger partial charge in [0.2, 0.25) is 0 Å². The molecule has 1 N–H and O–H groups in total.